The van der Waals surface area contributed by atoms with Gasteiger partial charge in [0.1, 0.15) is 23.1 Å². The third kappa shape index (κ3) is 3.71. The van der Waals surface area contributed by atoms with Gasteiger partial charge in [-0.2, -0.15) is 5.26 Å². The lowest BCUT2D eigenvalue weighted by Crippen LogP contribution is -2.43. The Labute approximate surface area is 162 Å². The maximum absolute atomic E-state index is 12.1. The Kier molecular flexibility index (Phi) is 5.40. The average molecular weight is 435 g/mol. The van der Waals surface area contributed by atoms with Gasteiger partial charge in [-0.15, -0.1) is 0 Å². The molecule has 2 N–H and O–H groups in total. The molecule has 0 saturated heterocycles. The number of pyridine rings is 1. The number of nitrogens with zero attached hydrogens (tertiary/aromatic N) is 1. The van der Waals surface area contributed by atoms with Crippen LogP contribution >= 0.6 is 15.9 Å². The van der Waals surface area contributed by atoms with Gasteiger partial charge in [0.15, 0.2) is 0 Å². The summed E-state index contributed by atoms with van der Waals surface area (Å²) in [7, 11) is -2.11. The van der Waals surface area contributed by atoms with Crippen molar-refractivity contribution in [2.45, 2.75) is 45.8 Å². The molecule has 0 fully saturated rings. The van der Waals surface area contributed by atoms with Gasteiger partial charge in [0, 0.05) is 16.8 Å². The first-order valence-electron chi connectivity index (χ1n) is 8.24. The highest BCUT2D eigenvalue weighted by Gasteiger charge is 2.39. The molecule has 2 rings (SSSR count). The molecule has 1 aromatic carbocycles. The highest BCUT2D eigenvalue weighted by Crippen LogP contribution is 2.45. The Morgan fingerprint density at radius 3 is 2.46 bits per heavy atom. The van der Waals surface area contributed by atoms with Crippen molar-refractivity contribution >= 4 is 24.2 Å². The Hall–Kier alpha value is -2.04. The minimum absolute atomic E-state index is 0.00276. The van der Waals surface area contributed by atoms with Gasteiger partial charge in [-0.3, -0.25) is 4.79 Å². The van der Waals surface area contributed by atoms with Gasteiger partial charge >= 0.3 is 0 Å². The van der Waals surface area contributed by atoms with Crippen LogP contribution in [0.1, 0.15) is 32.0 Å². The summed E-state index contributed by atoms with van der Waals surface area (Å²) in [5.41, 5.74) is 0.831. The van der Waals surface area contributed by atoms with Gasteiger partial charge in [-0.1, -0.05) is 20.8 Å². The molecule has 0 aliphatic rings. The summed E-state index contributed by atoms with van der Waals surface area (Å²) in [6, 6.07) is 6.84. The van der Waals surface area contributed by atoms with Crippen LogP contribution in [0.15, 0.2) is 27.5 Å². The molecule has 26 heavy (non-hydrogen) atoms. The molecule has 0 aliphatic heterocycles. The first-order valence-corrected chi connectivity index (χ1v) is 11.9. The Balaban J connectivity index is 2.71. The third-order valence-electron chi connectivity index (χ3n) is 4.80. The normalized spacial score (nSPS) is 11.9. The lowest BCUT2D eigenvalue weighted by molar-refractivity contribution is 0.469. The zero-order valence-corrected chi connectivity index (χ0v) is 18.4. The highest BCUT2D eigenvalue weighted by molar-refractivity contribution is 9.10. The van der Waals surface area contributed by atoms with Crippen LogP contribution in [0.25, 0.3) is 11.1 Å². The van der Waals surface area contributed by atoms with Crippen molar-refractivity contribution in [1.82, 2.24) is 4.98 Å². The van der Waals surface area contributed by atoms with Gasteiger partial charge in [0.05, 0.1) is 4.47 Å². The summed E-state index contributed by atoms with van der Waals surface area (Å²) >= 11 is 3.52. The molecule has 1 aromatic heterocycles. The summed E-state index contributed by atoms with van der Waals surface area (Å²) in [4.78, 5) is 14.7. The van der Waals surface area contributed by atoms with E-state index in [0.717, 1.165) is 0 Å². The summed E-state index contributed by atoms with van der Waals surface area (Å²) in [6.45, 7) is 12.4. The van der Waals surface area contributed by atoms with Crippen LogP contribution in [0.5, 0.6) is 11.5 Å². The number of nitrogens with one attached hydrogen (secondary N) is 1. The van der Waals surface area contributed by atoms with Crippen molar-refractivity contribution in [2.75, 3.05) is 0 Å². The molecule has 0 atom stereocenters. The number of benzene rings is 1. The standard InChI is InChI=1S/C19H23BrN2O3Si/c1-11-9-12(13(10-21)18(24)22-11)16-14(23)7-8-15(17(16)20)25-26(5,6)19(2,3)4/h7-9,23H,1-6H3,(H,22,24). The van der Waals surface area contributed by atoms with E-state index in [1.807, 2.05) is 6.07 Å². The van der Waals surface area contributed by atoms with Crippen LogP contribution in [0.3, 0.4) is 0 Å². The van der Waals surface area contributed by atoms with Gasteiger partial charge in [0.2, 0.25) is 0 Å². The highest BCUT2D eigenvalue weighted by atomic mass is 79.9. The van der Waals surface area contributed by atoms with E-state index in [-0.39, 0.29) is 16.4 Å². The number of hydrogen-bond donors (Lipinski definition) is 2. The van der Waals surface area contributed by atoms with E-state index < -0.39 is 13.9 Å². The molecule has 0 amide bonds. The molecule has 0 aliphatic carbocycles. The van der Waals surface area contributed by atoms with Gasteiger partial charge < -0.3 is 14.5 Å². The van der Waals surface area contributed by atoms with E-state index in [2.05, 4.69) is 54.8 Å². The largest absolute Gasteiger partial charge is 0.543 e. The number of halogens is 1. The van der Waals surface area contributed by atoms with Crippen molar-refractivity contribution in [2.24, 2.45) is 0 Å². The topological polar surface area (TPSA) is 86.1 Å². The minimum atomic E-state index is -2.11. The van der Waals surface area contributed by atoms with Crippen LogP contribution in [0.2, 0.25) is 18.1 Å². The predicted octanol–water partition coefficient (Wildman–Crippen LogP) is 5.07. The lowest BCUT2D eigenvalue weighted by atomic mass is 10.00. The lowest BCUT2D eigenvalue weighted by Gasteiger charge is -2.37. The van der Waals surface area contributed by atoms with Crippen molar-refractivity contribution in [1.29, 1.82) is 5.26 Å². The summed E-state index contributed by atoms with van der Waals surface area (Å²) < 4.78 is 6.89. The monoisotopic (exact) mass is 434 g/mol. The number of aromatic nitrogens is 1. The second-order valence-electron chi connectivity index (χ2n) is 7.82. The number of phenols is 1. The second kappa shape index (κ2) is 6.93. The SMILES string of the molecule is Cc1cc(-c2c(O)ccc(O[Si](C)(C)C(C)(C)C)c2Br)c(C#N)c(=O)[nH]1. The van der Waals surface area contributed by atoms with Crippen molar-refractivity contribution in [3.05, 3.63) is 44.3 Å². The molecule has 5 nitrogen and oxygen atoms in total. The van der Waals surface area contributed by atoms with E-state index in [0.29, 0.717) is 27.0 Å². The van der Waals surface area contributed by atoms with E-state index in [4.69, 9.17) is 4.43 Å². The number of rotatable bonds is 3. The van der Waals surface area contributed by atoms with Gasteiger partial charge in [-0.05, 0) is 59.2 Å². The van der Waals surface area contributed by atoms with Gasteiger partial charge in [0.25, 0.3) is 13.9 Å². The molecule has 0 bridgehead atoms. The summed E-state index contributed by atoms with van der Waals surface area (Å²) in [5, 5.41) is 19.8. The van der Waals surface area contributed by atoms with Crippen molar-refractivity contribution in [3.8, 4) is 28.7 Å². The van der Waals surface area contributed by atoms with Crippen molar-refractivity contribution in [3.63, 3.8) is 0 Å². The third-order valence-corrected chi connectivity index (χ3v) is 9.93. The smallest absolute Gasteiger partial charge is 0.266 e. The number of nitriles is 1. The number of phenolic OH excluding ortho intramolecular Hbond substituents is 1. The van der Waals surface area contributed by atoms with Crippen LogP contribution < -0.4 is 9.99 Å². The van der Waals surface area contributed by atoms with E-state index in [1.54, 1.807) is 19.1 Å². The summed E-state index contributed by atoms with van der Waals surface area (Å²) in [5.74, 6) is 0.562. The van der Waals surface area contributed by atoms with Gasteiger partial charge in [-0.25, -0.2) is 0 Å². The van der Waals surface area contributed by atoms with Crippen LogP contribution in [-0.4, -0.2) is 18.4 Å². The molecular weight excluding hydrogens is 412 g/mol. The fraction of sp³-hybridized carbons (Fsp3) is 0.368. The predicted molar refractivity (Wildman–Crippen MR) is 109 cm³/mol. The molecule has 0 saturated carbocycles. The summed E-state index contributed by atoms with van der Waals surface area (Å²) in [6.07, 6.45) is 0. The zero-order valence-electron chi connectivity index (χ0n) is 15.8. The molecule has 1 heterocycles. The average Bonchev–Trinajstić information content (AvgIpc) is 2.49. The molecule has 0 unspecified atom stereocenters. The first kappa shape index (κ1) is 20.3. The molecule has 7 heteroatoms. The number of aromatic amines is 1. The molecule has 2 aromatic rings. The maximum Gasteiger partial charge on any atom is 0.266 e. The minimum Gasteiger partial charge on any atom is -0.543 e. The number of H-pyrrole nitrogens is 1. The molecular formula is C19H23BrN2O3Si. The molecule has 138 valence electrons. The fourth-order valence-electron chi connectivity index (χ4n) is 2.31. The second-order valence-corrected chi connectivity index (χ2v) is 13.3. The van der Waals surface area contributed by atoms with Crippen LogP contribution in [0, 0.1) is 18.3 Å². The van der Waals surface area contributed by atoms with E-state index in [1.165, 1.54) is 6.07 Å². The molecule has 0 spiro atoms. The van der Waals surface area contributed by atoms with Crippen LogP contribution in [-0.2, 0) is 0 Å². The Morgan fingerprint density at radius 2 is 1.92 bits per heavy atom. The first-order chi connectivity index (χ1) is 11.9. The Morgan fingerprint density at radius 1 is 1.31 bits per heavy atom. The molecule has 0 radical (unpaired) electrons. The van der Waals surface area contributed by atoms with Crippen LogP contribution in [0.4, 0.5) is 0 Å². The number of hydrogen-bond acceptors (Lipinski definition) is 4. The number of aryl methyl sites for hydroxylation is 1. The van der Waals surface area contributed by atoms with E-state index >= 15 is 0 Å². The zero-order chi connectivity index (χ0) is 19.9. The van der Waals surface area contributed by atoms with Crippen molar-refractivity contribution < 1.29 is 9.53 Å². The van der Waals surface area contributed by atoms with E-state index in [9.17, 15) is 15.2 Å². The maximum atomic E-state index is 12.1. The Bertz CT molecular complexity index is 953. The number of aromatic hydroxyl groups is 1. The quantitative estimate of drug-likeness (QED) is 0.659. The fourth-order valence-corrected chi connectivity index (χ4v) is 4.11.